The molecule has 1 aromatic heterocycles. The molecule has 99 valence electrons. The number of unbranched alkanes of at least 4 members (excludes halogenated alkanes) is 1. The summed E-state index contributed by atoms with van der Waals surface area (Å²) in [5.41, 5.74) is 11.5. The molecule has 0 fully saturated rings. The van der Waals surface area contributed by atoms with E-state index in [0.29, 0.717) is 29.1 Å². The predicted molar refractivity (Wildman–Crippen MR) is 75.1 cm³/mol. The van der Waals surface area contributed by atoms with Crippen LogP contribution < -0.4 is 11.5 Å². The van der Waals surface area contributed by atoms with Crippen LogP contribution in [0.15, 0.2) is 18.2 Å². The minimum atomic E-state index is -0.540. The van der Waals surface area contributed by atoms with Gasteiger partial charge >= 0.3 is 0 Å². The molecule has 19 heavy (non-hydrogen) atoms. The van der Waals surface area contributed by atoms with Gasteiger partial charge in [0.15, 0.2) is 10.8 Å². The molecule has 2 aromatic rings. The topological polar surface area (TPSA) is 99.1 Å². The number of carbonyl (C=O) groups is 2. The molecule has 1 radical (unpaired) electrons. The molecule has 1 heterocycles. The van der Waals surface area contributed by atoms with E-state index in [1.807, 2.05) is 6.07 Å². The van der Waals surface area contributed by atoms with Gasteiger partial charge in [-0.05, 0) is 31.5 Å². The summed E-state index contributed by atoms with van der Waals surface area (Å²) < 4.78 is 0.784. The van der Waals surface area contributed by atoms with Crippen LogP contribution >= 0.6 is 11.3 Å². The first-order valence-electron chi connectivity index (χ1n) is 5.90. The van der Waals surface area contributed by atoms with Crippen molar-refractivity contribution in [2.24, 2.45) is 11.5 Å². The van der Waals surface area contributed by atoms with Crippen molar-refractivity contribution in [3.63, 3.8) is 0 Å². The molecule has 5 nitrogen and oxygen atoms in total. The summed E-state index contributed by atoms with van der Waals surface area (Å²) in [5, 5.41) is 0.376. The van der Waals surface area contributed by atoms with E-state index in [0.717, 1.165) is 11.1 Å². The third-order valence-electron chi connectivity index (χ3n) is 2.63. The van der Waals surface area contributed by atoms with Gasteiger partial charge in [0.25, 0.3) is 5.91 Å². The lowest BCUT2D eigenvalue weighted by Crippen LogP contribution is -2.11. The average molecular weight is 276 g/mol. The van der Waals surface area contributed by atoms with E-state index in [1.54, 1.807) is 18.6 Å². The summed E-state index contributed by atoms with van der Waals surface area (Å²) in [6, 6.07) is 5.15. The Hall–Kier alpha value is -1.79. The van der Waals surface area contributed by atoms with Crippen LogP contribution in [-0.2, 0) is 0 Å². The van der Waals surface area contributed by atoms with Gasteiger partial charge in [-0.25, -0.2) is 4.98 Å². The number of amides is 1. The molecular weight excluding hydrogens is 262 g/mol. The Balaban J connectivity index is 2.28. The van der Waals surface area contributed by atoms with Crippen LogP contribution in [0.3, 0.4) is 0 Å². The zero-order valence-corrected chi connectivity index (χ0v) is 11.1. The van der Waals surface area contributed by atoms with Crippen molar-refractivity contribution in [1.29, 1.82) is 0 Å². The molecular formula is C13H14N3O2S. The monoisotopic (exact) mass is 276 g/mol. The molecule has 0 bridgehead atoms. The van der Waals surface area contributed by atoms with E-state index >= 15 is 0 Å². The van der Waals surface area contributed by atoms with Crippen molar-refractivity contribution >= 4 is 33.2 Å². The number of para-hydroxylation sites is 1. The van der Waals surface area contributed by atoms with Crippen molar-refractivity contribution in [1.82, 2.24) is 4.98 Å². The number of benzene rings is 1. The van der Waals surface area contributed by atoms with Crippen molar-refractivity contribution < 1.29 is 9.59 Å². The van der Waals surface area contributed by atoms with Crippen molar-refractivity contribution in [2.45, 2.75) is 12.8 Å². The summed E-state index contributed by atoms with van der Waals surface area (Å²) in [7, 11) is 0. The molecule has 2 rings (SSSR count). The number of hydrogen-bond acceptors (Lipinski definition) is 5. The molecule has 1 amide bonds. The summed E-state index contributed by atoms with van der Waals surface area (Å²) >= 11 is 1.26. The lowest BCUT2D eigenvalue weighted by atomic mass is 10.2. The van der Waals surface area contributed by atoms with Gasteiger partial charge in [-0.2, -0.15) is 0 Å². The Bertz CT molecular complexity index is 621. The minimum Gasteiger partial charge on any atom is -0.366 e. The van der Waals surface area contributed by atoms with Crippen LogP contribution in [0.4, 0.5) is 0 Å². The number of fused-ring (bicyclic) bond motifs is 1. The SMILES string of the molecule is NCCC[CH]C(=O)c1nc2c(C(N)=O)cccc2s1. The highest BCUT2D eigenvalue weighted by Gasteiger charge is 2.15. The second kappa shape index (κ2) is 5.90. The van der Waals surface area contributed by atoms with Crippen LogP contribution in [0.2, 0.25) is 0 Å². The molecule has 0 unspecified atom stereocenters. The molecule has 0 saturated heterocycles. The van der Waals surface area contributed by atoms with Crippen LogP contribution in [0, 0.1) is 6.42 Å². The van der Waals surface area contributed by atoms with E-state index in [4.69, 9.17) is 11.5 Å². The normalized spacial score (nSPS) is 10.8. The Morgan fingerprint density at radius 2 is 2.16 bits per heavy atom. The van der Waals surface area contributed by atoms with Gasteiger partial charge in [-0.1, -0.05) is 6.07 Å². The first kappa shape index (κ1) is 13.6. The van der Waals surface area contributed by atoms with E-state index in [-0.39, 0.29) is 5.78 Å². The number of Topliss-reactive ketones (excluding diaryl/α,β-unsaturated/α-hetero) is 1. The molecule has 1 aromatic carbocycles. The number of hydrogen-bond donors (Lipinski definition) is 2. The summed E-state index contributed by atoms with van der Waals surface area (Å²) in [6.45, 7) is 0.551. The first-order valence-corrected chi connectivity index (χ1v) is 6.72. The third kappa shape index (κ3) is 2.97. The van der Waals surface area contributed by atoms with Gasteiger partial charge in [-0.15, -0.1) is 11.3 Å². The van der Waals surface area contributed by atoms with Crippen molar-refractivity contribution in [2.75, 3.05) is 6.54 Å². The Morgan fingerprint density at radius 1 is 1.37 bits per heavy atom. The maximum atomic E-state index is 11.9. The number of carbonyl (C=O) groups excluding carboxylic acids is 2. The van der Waals surface area contributed by atoms with Gasteiger partial charge in [0, 0.05) is 6.42 Å². The van der Waals surface area contributed by atoms with Gasteiger partial charge in [0.05, 0.1) is 15.8 Å². The van der Waals surface area contributed by atoms with Gasteiger partial charge in [0.1, 0.15) is 0 Å². The van der Waals surface area contributed by atoms with Gasteiger partial charge in [0.2, 0.25) is 0 Å². The first-order chi connectivity index (χ1) is 9.13. The third-order valence-corrected chi connectivity index (χ3v) is 3.67. The van der Waals surface area contributed by atoms with E-state index < -0.39 is 5.91 Å². The maximum Gasteiger partial charge on any atom is 0.250 e. The maximum absolute atomic E-state index is 11.9. The summed E-state index contributed by atoms with van der Waals surface area (Å²) in [6.07, 6.45) is 2.98. The molecule has 0 atom stereocenters. The number of ketones is 1. The summed E-state index contributed by atoms with van der Waals surface area (Å²) in [5.74, 6) is -0.674. The number of thiazole rings is 1. The average Bonchev–Trinajstić information content (AvgIpc) is 2.82. The van der Waals surface area contributed by atoms with Crippen LogP contribution in [-0.4, -0.2) is 23.2 Å². The number of aromatic nitrogens is 1. The Kier molecular flexibility index (Phi) is 4.24. The summed E-state index contributed by atoms with van der Waals surface area (Å²) in [4.78, 5) is 27.4. The Labute approximate surface area is 114 Å². The fraction of sp³-hybridized carbons (Fsp3) is 0.231. The fourth-order valence-electron chi connectivity index (χ4n) is 1.69. The van der Waals surface area contributed by atoms with E-state index in [1.165, 1.54) is 11.3 Å². The molecule has 0 aliphatic rings. The highest BCUT2D eigenvalue weighted by Crippen LogP contribution is 2.25. The number of primary amides is 1. The quantitative estimate of drug-likeness (QED) is 0.617. The fourth-order valence-corrected chi connectivity index (χ4v) is 2.62. The molecule has 4 N–H and O–H groups in total. The highest BCUT2D eigenvalue weighted by atomic mass is 32.1. The largest absolute Gasteiger partial charge is 0.366 e. The minimum absolute atomic E-state index is 0.134. The molecule has 0 spiro atoms. The standard InChI is InChI=1S/C13H14N3O2S/c14-7-2-1-5-9(17)13-16-11-8(12(15)18)4-3-6-10(11)19-13/h3-6H,1-2,7,14H2,(H2,15,18). The van der Waals surface area contributed by atoms with Crippen LogP contribution in [0.5, 0.6) is 0 Å². The van der Waals surface area contributed by atoms with Crippen molar-refractivity contribution in [3.8, 4) is 0 Å². The van der Waals surface area contributed by atoms with E-state index in [9.17, 15) is 9.59 Å². The van der Waals surface area contributed by atoms with Crippen LogP contribution in [0.25, 0.3) is 10.2 Å². The molecule has 0 aliphatic carbocycles. The molecule has 6 heteroatoms. The van der Waals surface area contributed by atoms with Gasteiger partial charge < -0.3 is 11.5 Å². The molecule has 0 aliphatic heterocycles. The second-order valence-electron chi connectivity index (χ2n) is 4.03. The lowest BCUT2D eigenvalue weighted by molar-refractivity contribution is 0.0997. The van der Waals surface area contributed by atoms with Crippen LogP contribution in [0.1, 0.15) is 33.0 Å². The number of nitrogens with two attached hydrogens (primary N) is 2. The second-order valence-corrected chi connectivity index (χ2v) is 5.07. The predicted octanol–water partition coefficient (Wildman–Crippen LogP) is 1.52. The number of rotatable bonds is 6. The smallest absolute Gasteiger partial charge is 0.250 e. The lowest BCUT2D eigenvalue weighted by Gasteiger charge is -1.95. The van der Waals surface area contributed by atoms with Crippen molar-refractivity contribution in [3.05, 3.63) is 35.2 Å². The molecule has 0 saturated carbocycles. The van der Waals surface area contributed by atoms with Gasteiger partial charge in [-0.3, -0.25) is 9.59 Å². The zero-order chi connectivity index (χ0) is 13.8. The number of nitrogens with zero attached hydrogens (tertiary/aromatic N) is 1. The Morgan fingerprint density at radius 3 is 2.84 bits per heavy atom. The highest BCUT2D eigenvalue weighted by molar-refractivity contribution is 7.20. The zero-order valence-electron chi connectivity index (χ0n) is 10.3. The van der Waals surface area contributed by atoms with E-state index in [2.05, 4.69) is 4.98 Å².